The summed E-state index contributed by atoms with van der Waals surface area (Å²) in [5, 5.41) is 52.1. The summed E-state index contributed by atoms with van der Waals surface area (Å²) in [5.74, 6) is -1.41. The van der Waals surface area contributed by atoms with Gasteiger partial charge < -0.3 is 41.7 Å². The van der Waals surface area contributed by atoms with Crippen LogP contribution in [0, 0.1) is 0 Å². The fraction of sp³-hybridized carbons (Fsp3) is 0.435. The molecule has 4 aromatic rings. The first-order valence-electron chi connectivity index (χ1n) is 19.6. The summed E-state index contributed by atoms with van der Waals surface area (Å²) < 4.78 is 6.47. The van der Waals surface area contributed by atoms with Crippen LogP contribution in [0.5, 0.6) is 23.0 Å². The fourth-order valence-corrected chi connectivity index (χ4v) is 10.2. The molecule has 0 aliphatic carbocycles. The predicted octanol–water partition coefficient (Wildman–Crippen LogP) is 11.1. The molecule has 8 bridgehead atoms. The Bertz CT molecular complexity index is 2130. The van der Waals surface area contributed by atoms with Gasteiger partial charge in [0.25, 0.3) is 0 Å². The second-order valence-electron chi connectivity index (χ2n) is 18.9. The van der Waals surface area contributed by atoms with Crippen LogP contribution < -0.4 is 16.2 Å². The molecule has 0 spiro atoms. The van der Waals surface area contributed by atoms with Crippen molar-refractivity contribution < 1.29 is 39.9 Å². The van der Waals surface area contributed by atoms with E-state index >= 15 is 0 Å². The lowest BCUT2D eigenvalue weighted by Crippen LogP contribution is -2.32. The highest BCUT2D eigenvalue weighted by Gasteiger charge is 2.29. The van der Waals surface area contributed by atoms with Gasteiger partial charge in [0.05, 0.1) is 45.6 Å². The molecule has 5 rings (SSSR count). The van der Waals surface area contributed by atoms with Crippen molar-refractivity contribution in [3.63, 3.8) is 0 Å². The lowest BCUT2D eigenvalue weighted by molar-refractivity contribution is -0.144. The molecule has 0 aromatic heterocycles. The topological polar surface area (TPSA) is 197 Å². The largest absolute Gasteiger partial charge is 0.506 e. The number of carboxylic acids is 2. The van der Waals surface area contributed by atoms with E-state index in [9.17, 15) is 24.9 Å². The van der Waals surface area contributed by atoms with Crippen molar-refractivity contribution in [2.45, 2.75) is 156 Å². The van der Waals surface area contributed by atoms with Crippen molar-refractivity contribution in [1.82, 2.24) is 0 Å². The first-order valence-corrected chi connectivity index (χ1v) is 22.8. The molecular weight excluding hydrogens is 837 g/mol. The molecule has 0 saturated heterocycles. The van der Waals surface area contributed by atoms with Crippen LogP contribution in [0.15, 0.2) is 87.7 Å². The molecular formula is C46H60N2O8S4. The van der Waals surface area contributed by atoms with Crippen LogP contribution in [-0.4, -0.2) is 56.7 Å². The Balaban J connectivity index is 0.000000790. The monoisotopic (exact) mass is 896 g/mol. The Morgan fingerprint density at radius 3 is 0.983 bits per heavy atom. The maximum Gasteiger partial charge on any atom is 0.321 e. The average molecular weight is 897 g/mol. The second kappa shape index (κ2) is 18.8. The van der Waals surface area contributed by atoms with Gasteiger partial charge in [-0.1, -0.05) is 130 Å². The number of carbonyl (C=O) groups is 2. The highest BCUT2D eigenvalue weighted by atomic mass is 32.2. The average Bonchev–Trinajstić information content (AvgIpc) is 3.10. The Labute approximate surface area is 371 Å². The van der Waals surface area contributed by atoms with Gasteiger partial charge in [-0.05, 0) is 92.4 Å². The zero-order valence-corrected chi connectivity index (χ0v) is 39.8. The van der Waals surface area contributed by atoms with Crippen molar-refractivity contribution in [3.8, 4) is 23.0 Å². The van der Waals surface area contributed by atoms with E-state index in [1.54, 1.807) is 0 Å². The number of phenols is 3. The van der Waals surface area contributed by atoms with Crippen LogP contribution >= 0.6 is 47.0 Å². The van der Waals surface area contributed by atoms with Crippen molar-refractivity contribution in [2.24, 2.45) is 11.5 Å². The summed E-state index contributed by atoms with van der Waals surface area (Å²) >= 11 is 5.66. The third kappa shape index (κ3) is 12.3. The number of phenolic OH excluding ortho intramolecular Hbond substituents is 3. The predicted molar refractivity (Wildman–Crippen MR) is 244 cm³/mol. The minimum Gasteiger partial charge on any atom is -0.506 e. The molecule has 0 fully saturated rings. The second-order valence-corrected chi connectivity index (χ2v) is 23.2. The van der Waals surface area contributed by atoms with E-state index in [1.165, 1.54) is 47.0 Å². The van der Waals surface area contributed by atoms with Gasteiger partial charge in [-0.2, -0.15) is 0 Å². The Morgan fingerprint density at radius 2 is 0.783 bits per heavy atom. The van der Waals surface area contributed by atoms with E-state index in [4.69, 9.17) is 26.4 Å². The first kappa shape index (κ1) is 49.0. The van der Waals surface area contributed by atoms with Gasteiger partial charge in [-0.25, -0.2) is 0 Å². The van der Waals surface area contributed by atoms with E-state index in [0.717, 1.165) is 32.0 Å². The smallest absolute Gasteiger partial charge is 0.321 e. The van der Waals surface area contributed by atoms with Gasteiger partial charge in [-0.3, -0.25) is 9.59 Å². The molecule has 14 heteroatoms. The van der Waals surface area contributed by atoms with Crippen molar-refractivity contribution in [3.05, 3.63) is 70.8 Å². The van der Waals surface area contributed by atoms with Crippen molar-refractivity contribution >= 4 is 59.0 Å². The summed E-state index contributed by atoms with van der Waals surface area (Å²) in [7, 11) is 0. The van der Waals surface area contributed by atoms with Gasteiger partial charge in [-0.15, -0.1) is 0 Å². The minimum absolute atomic E-state index is 0.118. The molecule has 0 saturated carbocycles. The number of aliphatic carboxylic acids is 2. The summed E-state index contributed by atoms with van der Waals surface area (Å²) in [6.45, 7) is 26.6. The van der Waals surface area contributed by atoms with Crippen LogP contribution in [0.4, 0.5) is 0 Å². The number of aromatic hydroxyl groups is 3. The molecule has 326 valence electrons. The number of hydrogen-bond donors (Lipinski definition) is 7. The third-order valence-corrected chi connectivity index (χ3v) is 13.8. The zero-order valence-electron chi connectivity index (χ0n) is 36.6. The SMILES string of the molecule is CC(C)(C)c1cc2c(O)c(c1)Sc1cc(C(C)(C)C)cc(c1O)Sc1cc(C(C)(C)C)cc(c1OCCN)Sc1cc(C(C)(C)C)cc(c1O)S2.NC(CC(=O)O)C(=O)O. The lowest BCUT2D eigenvalue weighted by Gasteiger charge is -2.27. The fourth-order valence-electron chi connectivity index (χ4n) is 5.73. The van der Waals surface area contributed by atoms with Crippen LogP contribution in [0.25, 0.3) is 0 Å². The number of ether oxygens (including phenoxy) is 1. The van der Waals surface area contributed by atoms with E-state index in [2.05, 4.69) is 107 Å². The maximum atomic E-state index is 12.0. The highest BCUT2D eigenvalue weighted by Crippen LogP contribution is 2.55. The van der Waals surface area contributed by atoms with Gasteiger partial charge in [0.15, 0.2) is 0 Å². The number of fused-ring (bicyclic) bond motifs is 8. The normalized spacial score (nSPS) is 13.8. The highest BCUT2D eigenvalue weighted by molar-refractivity contribution is 8.01. The summed E-state index contributed by atoms with van der Waals surface area (Å²) in [6, 6.07) is 15.3. The van der Waals surface area contributed by atoms with Crippen molar-refractivity contribution in [1.29, 1.82) is 0 Å². The van der Waals surface area contributed by atoms with Crippen molar-refractivity contribution in [2.75, 3.05) is 13.2 Å². The van der Waals surface area contributed by atoms with Crippen LogP contribution in [0.2, 0.25) is 0 Å². The Kier molecular flexibility index (Phi) is 15.3. The summed E-state index contributed by atoms with van der Waals surface area (Å²) in [6.07, 6.45) is -0.532. The first-order chi connectivity index (χ1) is 27.5. The quantitative estimate of drug-likeness (QED) is 0.0850. The molecule has 10 nitrogen and oxygen atoms in total. The Hall–Kier alpha value is -3.66. The van der Waals surface area contributed by atoms with E-state index in [1.807, 2.05) is 24.3 Å². The molecule has 1 atom stereocenters. The molecule has 1 aliphatic heterocycles. The zero-order chi connectivity index (χ0) is 45.3. The van der Waals surface area contributed by atoms with Crippen LogP contribution in [0.3, 0.4) is 0 Å². The number of nitrogens with two attached hydrogens (primary N) is 2. The van der Waals surface area contributed by atoms with Gasteiger partial charge >= 0.3 is 11.9 Å². The van der Waals surface area contributed by atoms with E-state index < -0.39 is 24.4 Å². The lowest BCUT2D eigenvalue weighted by atomic mass is 9.87. The van der Waals surface area contributed by atoms with E-state index in [-0.39, 0.29) is 38.9 Å². The van der Waals surface area contributed by atoms with Gasteiger partial charge in [0, 0.05) is 6.54 Å². The molecule has 1 heterocycles. The number of benzene rings is 4. The molecule has 0 amide bonds. The molecule has 1 unspecified atom stereocenters. The van der Waals surface area contributed by atoms with Crippen LogP contribution in [-0.2, 0) is 31.2 Å². The Morgan fingerprint density at radius 1 is 0.533 bits per heavy atom. The number of hydrogen-bond acceptors (Lipinski definition) is 12. The van der Waals surface area contributed by atoms with Gasteiger partial charge in [0.1, 0.15) is 35.6 Å². The molecule has 0 radical (unpaired) electrons. The maximum absolute atomic E-state index is 12.0. The molecule has 60 heavy (non-hydrogen) atoms. The molecule has 4 aromatic carbocycles. The standard InChI is InChI=1S/C42H53NO4S4.C4H7NO4/c1-39(2,3)23-15-27-35(44)28(16-23)49-30-18-25(41(7,8)9)20-32(37(30)46)51-34-22-26(42(10,11)12)21-33(38(34)47-14-13-43)50-31-19-24(40(4,5)6)17-29(48-27)36(31)45;5-2(4(8)9)1-3(6)7/h15-22,44-46H,13-14,43H2,1-12H3;2H,1,5H2,(H,6,7)(H,8,9). The summed E-state index contributed by atoms with van der Waals surface area (Å²) in [4.78, 5) is 25.3. The summed E-state index contributed by atoms with van der Waals surface area (Å²) in [5.41, 5.74) is 14.3. The molecule has 9 N–H and O–H groups in total. The number of rotatable bonds is 6. The third-order valence-electron chi connectivity index (χ3n) is 9.56. The van der Waals surface area contributed by atoms with Gasteiger partial charge in [0.2, 0.25) is 0 Å². The van der Waals surface area contributed by atoms with E-state index in [0.29, 0.717) is 48.3 Å². The number of carboxylic acid groups (broad SMARTS) is 2. The minimum atomic E-state index is -1.29. The van der Waals surface area contributed by atoms with Crippen LogP contribution in [0.1, 0.15) is 112 Å². The molecule has 1 aliphatic rings.